The minimum Gasteiger partial charge on any atom is -0.249 e. The molecule has 1 rings (SSSR count). The summed E-state index contributed by atoms with van der Waals surface area (Å²) in [5.74, 6) is 0.0145. The van der Waals surface area contributed by atoms with Crippen molar-refractivity contribution in [2.75, 3.05) is 6.54 Å². The van der Waals surface area contributed by atoms with E-state index in [1.54, 1.807) is 12.3 Å². The van der Waals surface area contributed by atoms with Crippen LogP contribution in [0.3, 0.4) is 0 Å². The normalized spacial score (nSPS) is 15.3. The maximum Gasteiger partial charge on any atom is 0.227 e. The second kappa shape index (κ2) is 5.39. The molecule has 0 aromatic carbocycles. The third kappa shape index (κ3) is 3.27. The van der Waals surface area contributed by atoms with Gasteiger partial charge in [-0.3, -0.25) is 0 Å². The van der Waals surface area contributed by atoms with Crippen molar-refractivity contribution in [3.05, 3.63) is 16.6 Å². The van der Waals surface area contributed by atoms with Crippen LogP contribution >= 0.6 is 11.3 Å². The minimum atomic E-state index is -3.53. The number of sulfonamides is 1. The number of nitriles is 1. The number of nitrogens with one attached hydrogen (secondary N) is 1. The van der Waals surface area contributed by atoms with Crippen molar-refractivity contribution in [3.63, 3.8) is 0 Å². The van der Waals surface area contributed by atoms with E-state index in [1.165, 1.54) is 18.3 Å². The highest BCUT2D eigenvalue weighted by Crippen LogP contribution is 2.16. The van der Waals surface area contributed by atoms with Gasteiger partial charge < -0.3 is 0 Å². The zero-order valence-electron chi connectivity index (χ0n) is 9.04. The second-order valence-electron chi connectivity index (χ2n) is 3.44. The molecular formula is C9H13N3O2S2. The summed E-state index contributed by atoms with van der Waals surface area (Å²) in [4.78, 5) is 4.10. The van der Waals surface area contributed by atoms with Crippen molar-refractivity contribution in [2.45, 2.75) is 25.0 Å². The van der Waals surface area contributed by atoms with Gasteiger partial charge in [0.1, 0.15) is 0 Å². The van der Waals surface area contributed by atoms with E-state index in [9.17, 15) is 8.42 Å². The van der Waals surface area contributed by atoms with Crippen LogP contribution in [0.5, 0.6) is 0 Å². The number of aromatic nitrogens is 1. The third-order valence-corrected chi connectivity index (χ3v) is 4.72. The van der Waals surface area contributed by atoms with Gasteiger partial charge in [-0.05, 0) is 6.92 Å². The van der Waals surface area contributed by atoms with Crippen LogP contribution < -0.4 is 4.72 Å². The van der Waals surface area contributed by atoms with Crippen molar-refractivity contribution in [1.29, 1.82) is 5.26 Å². The van der Waals surface area contributed by atoms with Gasteiger partial charge in [-0.25, -0.2) is 18.1 Å². The molecule has 0 saturated heterocycles. The summed E-state index contributed by atoms with van der Waals surface area (Å²) in [7, 11) is -3.53. The summed E-state index contributed by atoms with van der Waals surface area (Å²) in [6, 6.07) is 1.70. The average molecular weight is 259 g/mol. The first-order valence-electron chi connectivity index (χ1n) is 4.75. The summed E-state index contributed by atoms with van der Waals surface area (Å²) in [6.07, 6.45) is 1.68. The fourth-order valence-corrected chi connectivity index (χ4v) is 2.57. The molecule has 16 heavy (non-hydrogen) atoms. The van der Waals surface area contributed by atoms with Gasteiger partial charge >= 0.3 is 0 Å². The Bertz CT molecular complexity index is 461. The van der Waals surface area contributed by atoms with Crippen LogP contribution in [-0.4, -0.2) is 25.2 Å². The van der Waals surface area contributed by atoms with Crippen molar-refractivity contribution in [2.24, 2.45) is 0 Å². The lowest BCUT2D eigenvalue weighted by Gasteiger charge is -2.11. The quantitative estimate of drug-likeness (QED) is 0.857. The highest BCUT2D eigenvalue weighted by molar-refractivity contribution is 7.90. The van der Waals surface area contributed by atoms with E-state index in [2.05, 4.69) is 9.71 Å². The Morgan fingerprint density at radius 2 is 2.31 bits per heavy atom. The van der Waals surface area contributed by atoms with Crippen molar-refractivity contribution in [1.82, 2.24) is 9.71 Å². The molecule has 1 aromatic rings. The van der Waals surface area contributed by atoms with Gasteiger partial charge in [0.05, 0.1) is 11.1 Å². The number of hydrogen-bond donors (Lipinski definition) is 1. The van der Waals surface area contributed by atoms with E-state index < -0.39 is 15.3 Å². The molecule has 0 saturated carbocycles. The molecule has 0 spiro atoms. The monoisotopic (exact) mass is 259 g/mol. The highest BCUT2D eigenvalue weighted by atomic mass is 32.2. The van der Waals surface area contributed by atoms with Crippen molar-refractivity contribution in [3.8, 4) is 6.07 Å². The fraction of sp³-hybridized carbons (Fsp3) is 0.556. The smallest absolute Gasteiger partial charge is 0.227 e. The van der Waals surface area contributed by atoms with Crippen LogP contribution in [0, 0.1) is 11.3 Å². The van der Waals surface area contributed by atoms with Crippen LogP contribution in [0.2, 0.25) is 0 Å². The number of rotatable bonds is 5. The summed E-state index contributed by atoms with van der Waals surface area (Å²) in [5, 5.41) is 10.2. The molecule has 88 valence electrons. The van der Waals surface area contributed by atoms with Crippen molar-refractivity contribution < 1.29 is 8.42 Å². The number of nitrogens with zero attached hydrogens (tertiary/aromatic N) is 2. The molecular weight excluding hydrogens is 246 g/mol. The van der Waals surface area contributed by atoms with Gasteiger partial charge in [0, 0.05) is 24.0 Å². The molecule has 0 aliphatic rings. The van der Waals surface area contributed by atoms with E-state index in [0.29, 0.717) is 0 Å². The molecule has 7 heteroatoms. The number of thiazole rings is 1. The fourth-order valence-electron chi connectivity index (χ4n) is 1.00. The lowest BCUT2D eigenvalue weighted by Crippen LogP contribution is -2.34. The minimum absolute atomic E-state index is 0.0145. The predicted octanol–water partition coefficient (Wildman–Crippen LogP) is 1.08. The Hall–Kier alpha value is -0.970. The molecule has 1 N–H and O–H groups in total. The van der Waals surface area contributed by atoms with Crippen molar-refractivity contribution >= 4 is 21.4 Å². The average Bonchev–Trinajstić information content (AvgIpc) is 2.78. The molecule has 0 aliphatic heterocycles. The van der Waals surface area contributed by atoms with Crippen LogP contribution in [0.25, 0.3) is 0 Å². The van der Waals surface area contributed by atoms with Gasteiger partial charge in [-0.15, -0.1) is 11.3 Å². The molecule has 2 unspecified atom stereocenters. The van der Waals surface area contributed by atoms with Gasteiger partial charge in [0.2, 0.25) is 10.0 Å². The molecule has 2 atom stereocenters. The van der Waals surface area contributed by atoms with Crippen LogP contribution in [-0.2, 0) is 10.0 Å². The Morgan fingerprint density at radius 3 is 2.81 bits per heavy atom. The predicted molar refractivity (Wildman–Crippen MR) is 62.5 cm³/mol. The maximum atomic E-state index is 11.5. The highest BCUT2D eigenvalue weighted by Gasteiger charge is 2.21. The Balaban J connectivity index is 2.56. The molecule has 1 heterocycles. The Kier molecular flexibility index (Phi) is 4.41. The SMILES string of the molecule is CC(CNS(=O)(=O)C(C)C#N)c1nccs1. The van der Waals surface area contributed by atoms with Crippen LogP contribution in [0.15, 0.2) is 11.6 Å². The standard InChI is InChI=1S/C9H13N3O2S2/c1-7(9-11-3-4-15-9)6-12-16(13,14)8(2)5-10/h3-4,7-8,12H,6H2,1-2H3. The first-order chi connectivity index (χ1) is 7.47. The summed E-state index contributed by atoms with van der Waals surface area (Å²) >= 11 is 1.48. The molecule has 0 aliphatic carbocycles. The maximum absolute atomic E-state index is 11.5. The zero-order valence-corrected chi connectivity index (χ0v) is 10.7. The third-order valence-electron chi connectivity index (χ3n) is 2.11. The molecule has 5 nitrogen and oxygen atoms in total. The lowest BCUT2D eigenvalue weighted by molar-refractivity contribution is 0.570. The van der Waals surface area contributed by atoms with E-state index in [4.69, 9.17) is 5.26 Å². The van der Waals surface area contributed by atoms with E-state index in [1.807, 2.05) is 12.3 Å². The van der Waals surface area contributed by atoms with Gasteiger partial charge in [-0.2, -0.15) is 5.26 Å². The Labute approximate surface area is 99.2 Å². The number of hydrogen-bond acceptors (Lipinski definition) is 5. The van der Waals surface area contributed by atoms with Gasteiger partial charge in [0.25, 0.3) is 0 Å². The molecule has 0 amide bonds. The molecule has 0 fully saturated rings. The molecule has 0 radical (unpaired) electrons. The first kappa shape index (κ1) is 13.1. The Morgan fingerprint density at radius 1 is 1.62 bits per heavy atom. The first-order valence-corrected chi connectivity index (χ1v) is 7.17. The zero-order chi connectivity index (χ0) is 12.2. The van der Waals surface area contributed by atoms with E-state index in [0.717, 1.165) is 5.01 Å². The molecule has 1 aromatic heterocycles. The van der Waals surface area contributed by atoms with Crippen LogP contribution in [0.4, 0.5) is 0 Å². The van der Waals surface area contributed by atoms with E-state index in [-0.39, 0.29) is 12.5 Å². The van der Waals surface area contributed by atoms with E-state index >= 15 is 0 Å². The summed E-state index contributed by atoms with van der Waals surface area (Å²) < 4.78 is 25.4. The summed E-state index contributed by atoms with van der Waals surface area (Å²) in [5.41, 5.74) is 0. The second-order valence-corrected chi connectivity index (χ2v) is 6.45. The van der Waals surface area contributed by atoms with Gasteiger partial charge in [0.15, 0.2) is 5.25 Å². The van der Waals surface area contributed by atoms with Gasteiger partial charge in [-0.1, -0.05) is 6.92 Å². The molecule has 0 bridgehead atoms. The topological polar surface area (TPSA) is 82.9 Å². The van der Waals surface area contributed by atoms with Crippen LogP contribution in [0.1, 0.15) is 24.8 Å². The largest absolute Gasteiger partial charge is 0.249 e. The lowest BCUT2D eigenvalue weighted by atomic mass is 10.2. The summed E-state index contributed by atoms with van der Waals surface area (Å²) in [6.45, 7) is 3.51.